The van der Waals surface area contributed by atoms with E-state index in [4.69, 9.17) is 14.2 Å². The molecule has 1 heterocycles. The molecule has 1 saturated heterocycles. The zero-order chi connectivity index (χ0) is 14.2. The maximum Gasteiger partial charge on any atom is 0.161 e. The van der Waals surface area contributed by atoms with Gasteiger partial charge in [0.25, 0.3) is 0 Å². The summed E-state index contributed by atoms with van der Waals surface area (Å²) in [7, 11) is 1.68. The minimum absolute atomic E-state index is 0.566. The molecule has 2 rings (SSSR count). The van der Waals surface area contributed by atoms with Crippen LogP contribution >= 0.6 is 0 Å². The van der Waals surface area contributed by atoms with Gasteiger partial charge in [-0.25, -0.2) is 0 Å². The lowest BCUT2D eigenvalue weighted by Crippen LogP contribution is -2.37. The zero-order valence-electron chi connectivity index (χ0n) is 12.5. The summed E-state index contributed by atoms with van der Waals surface area (Å²) in [6.07, 6.45) is 3.19. The van der Waals surface area contributed by atoms with E-state index in [-0.39, 0.29) is 0 Å². The summed E-state index contributed by atoms with van der Waals surface area (Å²) in [6.45, 7) is 5.37. The molecule has 0 aromatic heterocycles. The Morgan fingerprint density at radius 3 is 2.75 bits per heavy atom. The predicted octanol–water partition coefficient (Wildman–Crippen LogP) is 2.41. The molecule has 4 nitrogen and oxygen atoms in total. The molecule has 4 heteroatoms. The smallest absolute Gasteiger partial charge is 0.161 e. The van der Waals surface area contributed by atoms with Crippen molar-refractivity contribution in [1.82, 2.24) is 5.32 Å². The maximum absolute atomic E-state index is 5.80. The van der Waals surface area contributed by atoms with Crippen LogP contribution in [0.1, 0.15) is 25.3 Å². The van der Waals surface area contributed by atoms with Gasteiger partial charge in [-0.05, 0) is 37.0 Å². The van der Waals surface area contributed by atoms with Crippen molar-refractivity contribution in [3.8, 4) is 11.5 Å². The molecule has 20 heavy (non-hydrogen) atoms. The van der Waals surface area contributed by atoms with Crippen molar-refractivity contribution in [3.63, 3.8) is 0 Å². The van der Waals surface area contributed by atoms with Gasteiger partial charge >= 0.3 is 0 Å². The fourth-order valence-corrected chi connectivity index (χ4v) is 2.38. The molecule has 1 aromatic carbocycles. The Bertz CT molecular complexity index is 403. The fourth-order valence-electron chi connectivity index (χ4n) is 2.38. The van der Waals surface area contributed by atoms with Crippen LogP contribution in [0.15, 0.2) is 18.2 Å². The highest BCUT2D eigenvalue weighted by molar-refractivity contribution is 5.42. The van der Waals surface area contributed by atoms with Gasteiger partial charge in [0.2, 0.25) is 0 Å². The van der Waals surface area contributed by atoms with Gasteiger partial charge in [0.1, 0.15) is 6.61 Å². The third-order valence-electron chi connectivity index (χ3n) is 3.65. The first-order valence-corrected chi connectivity index (χ1v) is 7.44. The first kappa shape index (κ1) is 15.1. The van der Waals surface area contributed by atoms with Crippen molar-refractivity contribution in [2.75, 3.05) is 33.5 Å². The van der Waals surface area contributed by atoms with Crippen LogP contribution in [0.2, 0.25) is 0 Å². The molecule has 1 aliphatic heterocycles. The molecule has 0 bridgehead atoms. The second-order valence-corrected chi connectivity index (χ2v) is 5.03. The van der Waals surface area contributed by atoms with Crippen molar-refractivity contribution in [2.24, 2.45) is 0 Å². The molecule has 0 radical (unpaired) electrons. The Balaban J connectivity index is 1.75. The number of aryl methyl sites for hydroxylation is 1. The number of benzene rings is 1. The highest BCUT2D eigenvalue weighted by Gasteiger charge is 2.12. The van der Waals surface area contributed by atoms with E-state index in [0.29, 0.717) is 12.6 Å². The van der Waals surface area contributed by atoms with E-state index >= 15 is 0 Å². The van der Waals surface area contributed by atoms with E-state index in [1.54, 1.807) is 7.11 Å². The van der Waals surface area contributed by atoms with Crippen molar-refractivity contribution in [3.05, 3.63) is 23.8 Å². The van der Waals surface area contributed by atoms with Crippen LogP contribution in [0.5, 0.6) is 11.5 Å². The SMILES string of the molecule is CCc1ccc(OCCNC2CCOCC2)c(OC)c1. The van der Waals surface area contributed by atoms with E-state index < -0.39 is 0 Å². The Labute approximate surface area is 121 Å². The molecule has 112 valence electrons. The third-order valence-corrected chi connectivity index (χ3v) is 3.65. The highest BCUT2D eigenvalue weighted by Crippen LogP contribution is 2.28. The van der Waals surface area contributed by atoms with Crippen LogP contribution in [-0.4, -0.2) is 39.5 Å². The number of ether oxygens (including phenoxy) is 3. The quantitative estimate of drug-likeness (QED) is 0.778. The summed E-state index contributed by atoms with van der Waals surface area (Å²) >= 11 is 0. The van der Waals surface area contributed by atoms with Crippen molar-refractivity contribution >= 4 is 0 Å². The lowest BCUT2D eigenvalue weighted by Gasteiger charge is -2.23. The van der Waals surface area contributed by atoms with Crippen LogP contribution in [0.3, 0.4) is 0 Å². The predicted molar refractivity (Wildman–Crippen MR) is 79.7 cm³/mol. The molecule has 0 saturated carbocycles. The topological polar surface area (TPSA) is 39.7 Å². The van der Waals surface area contributed by atoms with E-state index in [9.17, 15) is 0 Å². The number of nitrogens with one attached hydrogen (secondary N) is 1. The lowest BCUT2D eigenvalue weighted by atomic mass is 10.1. The minimum Gasteiger partial charge on any atom is -0.493 e. The minimum atomic E-state index is 0.566. The summed E-state index contributed by atoms with van der Waals surface area (Å²) in [6, 6.07) is 6.69. The molecule has 1 aliphatic rings. The molecular formula is C16H25NO3. The third kappa shape index (κ3) is 4.39. The monoisotopic (exact) mass is 279 g/mol. The first-order valence-electron chi connectivity index (χ1n) is 7.44. The van der Waals surface area contributed by atoms with Crippen LogP contribution in [0.4, 0.5) is 0 Å². The van der Waals surface area contributed by atoms with Gasteiger partial charge in [0.15, 0.2) is 11.5 Å². The summed E-state index contributed by atoms with van der Waals surface area (Å²) in [5, 5.41) is 3.51. The zero-order valence-corrected chi connectivity index (χ0v) is 12.5. The van der Waals surface area contributed by atoms with E-state index in [1.807, 2.05) is 12.1 Å². The highest BCUT2D eigenvalue weighted by atomic mass is 16.5. The van der Waals surface area contributed by atoms with Crippen LogP contribution in [-0.2, 0) is 11.2 Å². The number of rotatable bonds is 7. The van der Waals surface area contributed by atoms with E-state index in [0.717, 1.165) is 50.5 Å². The molecule has 0 aliphatic carbocycles. The van der Waals surface area contributed by atoms with Gasteiger partial charge in [-0.2, -0.15) is 0 Å². The molecule has 1 fully saturated rings. The van der Waals surface area contributed by atoms with Gasteiger partial charge in [-0.1, -0.05) is 13.0 Å². The Morgan fingerprint density at radius 2 is 2.05 bits per heavy atom. The maximum atomic E-state index is 5.80. The van der Waals surface area contributed by atoms with Gasteiger partial charge in [-0.15, -0.1) is 0 Å². The van der Waals surface area contributed by atoms with Crippen molar-refractivity contribution < 1.29 is 14.2 Å². The van der Waals surface area contributed by atoms with Crippen LogP contribution < -0.4 is 14.8 Å². The van der Waals surface area contributed by atoms with Gasteiger partial charge in [-0.3, -0.25) is 0 Å². The normalized spacial score (nSPS) is 16.1. The first-order chi connectivity index (χ1) is 9.83. The molecule has 1 aromatic rings. The van der Waals surface area contributed by atoms with Gasteiger partial charge < -0.3 is 19.5 Å². The lowest BCUT2D eigenvalue weighted by molar-refractivity contribution is 0.0770. The molecule has 1 N–H and O–H groups in total. The van der Waals surface area contributed by atoms with Crippen LogP contribution in [0, 0.1) is 0 Å². The second kappa shape index (κ2) is 8.12. The van der Waals surface area contributed by atoms with E-state index in [2.05, 4.69) is 18.3 Å². The Hall–Kier alpha value is -1.26. The van der Waals surface area contributed by atoms with E-state index in [1.165, 1.54) is 5.56 Å². The molecule has 0 spiro atoms. The van der Waals surface area contributed by atoms with Crippen LogP contribution in [0.25, 0.3) is 0 Å². The van der Waals surface area contributed by atoms with Gasteiger partial charge in [0.05, 0.1) is 7.11 Å². The Kier molecular flexibility index (Phi) is 6.15. The second-order valence-electron chi connectivity index (χ2n) is 5.03. The molecule has 0 amide bonds. The summed E-state index contributed by atoms with van der Waals surface area (Å²) in [5.41, 5.74) is 1.26. The van der Waals surface area contributed by atoms with Crippen molar-refractivity contribution in [2.45, 2.75) is 32.2 Å². The summed E-state index contributed by atoms with van der Waals surface area (Å²) in [4.78, 5) is 0. The summed E-state index contributed by atoms with van der Waals surface area (Å²) in [5.74, 6) is 1.63. The summed E-state index contributed by atoms with van der Waals surface area (Å²) < 4.78 is 16.5. The largest absolute Gasteiger partial charge is 0.493 e. The number of methoxy groups -OCH3 is 1. The molecular weight excluding hydrogens is 254 g/mol. The standard InChI is InChI=1S/C16H25NO3/c1-3-13-4-5-15(16(12-13)18-2)20-11-8-17-14-6-9-19-10-7-14/h4-5,12,14,17H,3,6-11H2,1-2H3. The average molecular weight is 279 g/mol. The number of hydrogen-bond acceptors (Lipinski definition) is 4. The molecule has 0 unspecified atom stereocenters. The van der Waals surface area contributed by atoms with Crippen molar-refractivity contribution in [1.29, 1.82) is 0 Å². The van der Waals surface area contributed by atoms with Gasteiger partial charge in [0, 0.05) is 25.8 Å². The Morgan fingerprint density at radius 1 is 1.25 bits per heavy atom. The molecule has 0 atom stereocenters. The average Bonchev–Trinajstić information content (AvgIpc) is 2.52. The number of hydrogen-bond donors (Lipinski definition) is 1. The fraction of sp³-hybridized carbons (Fsp3) is 0.625.